The third kappa shape index (κ3) is 5.41. The quantitative estimate of drug-likeness (QED) is 0.617. The topological polar surface area (TPSA) is 123 Å². The van der Waals surface area contributed by atoms with Crippen LogP contribution in [0.2, 0.25) is 0 Å². The summed E-state index contributed by atoms with van der Waals surface area (Å²) < 4.78 is 30.3. The molecule has 0 aliphatic rings. The van der Waals surface area contributed by atoms with Gasteiger partial charge < -0.3 is 33.4 Å². The molecule has 0 unspecified atom stereocenters. The number of methoxy groups -OCH3 is 4. The van der Waals surface area contributed by atoms with Crippen LogP contribution in [-0.2, 0) is 20.9 Å². The van der Waals surface area contributed by atoms with Gasteiger partial charge in [-0.05, 0) is 24.3 Å². The smallest absolute Gasteiger partial charge is 0.373 e. The van der Waals surface area contributed by atoms with E-state index < -0.39 is 17.8 Å². The lowest BCUT2D eigenvalue weighted by Crippen LogP contribution is -2.30. The normalized spacial score (nSPS) is 10.1. The van der Waals surface area contributed by atoms with E-state index in [1.807, 2.05) is 0 Å². The van der Waals surface area contributed by atoms with Crippen LogP contribution in [0, 0.1) is 0 Å². The van der Waals surface area contributed by atoms with Crippen LogP contribution in [-0.4, -0.2) is 52.8 Å². The highest BCUT2D eigenvalue weighted by Gasteiger charge is 2.18. The lowest BCUT2D eigenvalue weighted by molar-refractivity contribution is -0.144. The van der Waals surface area contributed by atoms with Crippen molar-refractivity contribution in [3.05, 3.63) is 41.3 Å². The fraction of sp³-hybridized carbons (Fsp3) is 0.316. The van der Waals surface area contributed by atoms with Crippen LogP contribution in [0.25, 0.3) is 0 Å². The van der Waals surface area contributed by atoms with Crippen molar-refractivity contribution in [2.45, 2.75) is 6.61 Å². The first-order valence-electron chi connectivity index (χ1n) is 8.34. The molecular weight excluding hydrogens is 386 g/mol. The molecule has 0 bridgehead atoms. The second-order valence-corrected chi connectivity index (χ2v) is 5.51. The first-order chi connectivity index (χ1) is 13.9. The Bertz CT molecular complexity index is 863. The van der Waals surface area contributed by atoms with Gasteiger partial charge in [-0.2, -0.15) is 0 Å². The number of rotatable bonds is 9. The monoisotopic (exact) mass is 407 g/mol. The van der Waals surface area contributed by atoms with Gasteiger partial charge in [-0.3, -0.25) is 9.59 Å². The zero-order valence-corrected chi connectivity index (χ0v) is 16.4. The minimum Gasteiger partial charge on any atom is -0.493 e. The first-order valence-corrected chi connectivity index (χ1v) is 8.34. The SMILES string of the molecule is COC(=O)c1ccc(COC(=O)CNC(=O)c2cc(OC)c(OC)c(OC)c2)o1. The van der Waals surface area contributed by atoms with Crippen LogP contribution in [0.5, 0.6) is 17.2 Å². The van der Waals surface area contributed by atoms with E-state index in [4.69, 9.17) is 23.4 Å². The molecule has 10 nitrogen and oxygen atoms in total. The summed E-state index contributed by atoms with van der Waals surface area (Å²) in [7, 11) is 5.53. The molecule has 1 heterocycles. The molecule has 0 fully saturated rings. The van der Waals surface area contributed by atoms with Crippen LogP contribution in [0.15, 0.2) is 28.7 Å². The van der Waals surface area contributed by atoms with Gasteiger partial charge >= 0.3 is 11.9 Å². The molecule has 0 atom stereocenters. The van der Waals surface area contributed by atoms with E-state index in [9.17, 15) is 14.4 Å². The van der Waals surface area contributed by atoms with Gasteiger partial charge in [0.25, 0.3) is 5.91 Å². The Hall–Kier alpha value is -3.69. The molecule has 0 saturated heterocycles. The second-order valence-electron chi connectivity index (χ2n) is 5.51. The maximum Gasteiger partial charge on any atom is 0.373 e. The lowest BCUT2D eigenvalue weighted by atomic mass is 10.1. The second kappa shape index (κ2) is 10.0. The standard InChI is InChI=1S/C19H21NO9/c1-24-14-7-11(8-15(25-2)17(14)26-3)18(22)20-9-16(21)28-10-12-5-6-13(29-12)19(23)27-4/h5-8H,9-10H2,1-4H3,(H,20,22). The number of nitrogens with one attached hydrogen (secondary N) is 1. The molecule has 0 saturated carbocycles. The third-order valence-electron chi connectivity index (χ3n) is 3.74. The van der Waals surface area contributed by atoms with Crippen LogP contribution in [0.1, 0.15) is 26.7 Å². The minimum absolute atomic E-state index is 0.00532. The van der Waals surface area contributed by atoms with Gasteiger partial charge in [-0.1, -0.05) is 0 Å². The van der Waals surface area contributed by atoms with Gasteiger partial charge in [0, 0.05) is 5.56 Å². The summed E-state index contributed by atoms with van der Waals surface area (Å²) in [5, 5.41) is 2.44. The maximum absolute atomic E-state index is 12.3. The summed E-state index contributed by atoms with van der Waals surface area (Å²) in [6.07, 6.45) is 0. The van der Waals surface area contributed by atoms with Crippen molar-refractivity contribution in [3.63, 3.8) is 0 Å². The summed E-state index contributed by atoms with van der Waals surface area (Å²) in [6.45, 7) is -0.573. The number of benzene rings is 1. The van der Waals surface area contributed by atoms with Crippen LogP contribution >= 0.6 is 0 Å². The highest BCUT2D eigenvalue weighted by atomic mass is 16.6. The van der Waals surface area contributed by atoms with E-state index in [1.54, 1.807) is 0 Å². The average molecular weight is 407 g/mol. The number of carbonyl (C=O) groups is 3. The highest BCUT2D eigenvalue weighted by molar-refractivity contribution is 5.97. The van der Waals surface area contributed by atoms with Crippen molar-refractivity contribution >= 4 is 17.8 Å². The van der Waals surface area contributed by atoms with Crippen molar-refractivity contribution in [2.75, 3.05) is 35.0 Å². The molecule has 2 aromatic rings. The van der Waals surface area contributed by atoms with Crippen molar-refractivity contribution in [1.29, 1.82) is 0 Å². The summed E-state index contributed by atoms with van der Waals surface area (Å²) in [5.74, 6) is -0.661. The number of carbonyl (C=O) groups excluding carboxylic acids is 3. The van der Waals surface area contributed by atoms with Gasteiger partial charge in [-0.15, -0.1) is 0 Å². The van der Waals surface area contributed by atoms with Gasteiger partial charge in [0.15, 0.2) is 11.5 Å². The Morgan fingerprint density at radius 3 is 2.17 bits per heavy atom. The molecule has 2 rings (SSSR count). The van der Waals surface area contributed by atoms with E-state index in [-0.39, 0.29) is 30.2 Å². The summed E-state index contributed by atoms with van der Waals surface area (Å²) in [6, 6.07) is 5.80. The van der Waals surface area contributed by atoms with Gasteiger partial charge in [0.1, 0.15) is 18.9 Å². The number of hydrogen-bond donors (Lipinski definition) is 1. The molecule has 1 N–H and O–H groups in total. The van der Waals surface area contributed by atoms with Crippen LogP contribution in [0.4, 0.5) is 0 Å². The number of furan rings is 1. The van der Waals surface area contributed by atoms with E-state index in [0.717, 1.165) is 0 Å². The van der Waals surface area contributed by atoms with E-state index >= 15 is 0 Å². The molecule has 0 aliphatic carbocycles. The molecule has 156 valence electrons. The molecule has 1 amide bonds. The first kappa shape index (κ1) is 21.6. The average Bonchev–Trinajstić information content (AvgIpc) is 3.23. The van der Waals surface area contributed by atoms with Crippen molar-refractivity contribution in [1.82, 2.24) is 5.32 Å². The van der Waals surface area contributed by atoms with Crippen molar-refractivity contribution in [3.8, 4) is 17.2 Å². The van der Waals surface area contributed by atoms with Gasteiger partial charge in [0.05, 0.1) is 28.4 Å². The maximum atomic E-state index is 12.3. The Kier molecular flexibility index (Phi) is 7.47. The van der Waals surface area contributed by atoms with Gasteiger partial charge in [-0.25, -0.2) is 4.79 Å². The summed E-state index contributed by atoms with van der Waals surface area (Å²) in [4.78, 5) is 35.5. The van der Waals surface area contributed by atoms with Crippen LogP contribution < -0.4 is 19.5 Å². The molecule has 0 radical (unpaired) electrons. The Morgan fingerprint density at radius 1 is 0.966 bits per heavy atom. The number of ether oxygens (including phenoxy) is 5. The fourth-order valence-electron chi connectivity index (χ4n) is 2.34. The zero-order chi connectivity index (χ0) is 21.4. The van der Waals surface area contributed by atoms with Crippen molar-refractivity contribution < 1.29 is 42.5 Å². The molecule has 10 heteroatoms. The fourth-order valence-corrected chi connectivity index (χ4v) is 2.34. The van der Waals surface area contributed by atoms with Crippen molar-refractivity contribution in [2.24, 2.45) is 0 Å². The molecule has 1 aromatic heterocycles. The Balaban J connectivity index is 1.92. The molecular formula is C19H21NO9. The number of esters is 2. The predicted octanol–water partition coefficient (Wildman–Crippen LogP) is 1.57. The molecule has 0 aliphatic heterocycles. The lowest BCUT2D eigenvalue weighted by Gasteiger charge is -2.14. The van der Waals surface area contributed by atoms with E-state index in [1.165, 1.54) is 52.7 Å². The summed E-state index contributed by atoms with van der Waals surface area (Å²) in [5.41, 5.74) is 0.209. The van der Waals surface area contributed by atoms with Crippen LogP contribution in [0.3, 0.4) is 0 Å². The van der Waals surface area contributed by atoms with E-state index in [0.29, 0.717) is 17.2 Å². The Labute approximate surface area is 166 Å². The minimum atomic E-state index is -0.693. The molecule has 29 heavy (non-hydrogen) atoms. The molecule has 0 spiro atoms. The molecule has 1 aromatic carbocycles. The highest BCUT2D eigenvalue weighted by Crippen LogP contribution is 2.38. The third-order valence-corrected chi connectivity index (χ3v) is 3.74. The predicted molar refractivity (Wildman–Crippen MR) is 98.3 cm³/mol. The Morgan fingerprint density at radius 2 is 1.62 bits per heavy atom. The number of hydrogen-bond acceptors (Lipinski definition) is 9. The summed E-state index contributed by atoms with van der Waals surface area (Å²) >= 11 is 0. The van der Waals surface area contributed by atoms with Gasteiger partial charge in [0.2, 0.25) is 11.5 Å². The largest absolute Gasteiger partial charge is 0.493 e. The van der Waals surface area contributed by atoms with E-state index in [2.05, 4.69) is 10.1 Å². The number of amides is 1. The zero-order valence-electron chi connectivity index (χ0n) is 16.4.